The highest BCUT2D eigenvalue weighted by Crippen LogP contribution is 2.42. The molecule has 1 aliphatic carbocycles. The van der Waals surface area contributed by atoms with Gasteiger partial charge >= 0.3 is 0 Å². The monoisotopic (exact) mass is 319 g/mol. The molecule has 0 amide bonds. The second-order valence-corrected chi connectivity index (χ2v) is 6.94. The average Bonchev–Trinajstić information content (AvgIpc) is 3.18. The lowest BCUT2D eigenvalue weighted by atomic mass is 10.1. The van der Waals surface area contributed by atoms with Crippen LogP contribution < -0.4 is 9.80 Å². The molecule has 1 N–H and O–H groups in total. The van der Waals surface area contributed by atoms with Crippen molar-refractivity contribution >= 4 is 22.3 Å². The van der Waals surface area contributed by atoms with Crippen LogP contribution in [0.1, 0.15) is 30.0 Å². The summed E-state index contributed by atoms with van der Waals surface area (Å²) < 4.78 is 0. The van der Waals surface area contributed by atoms with Crippen molar-refractivity contribution in [2.75, 3.05) is 29.6 Å². The largest absolute Gasteiger partial charge is 0.352 e. The van der Waals surface area contributed by atoms with Crippen molar-refractivity contribution in [3.63, 3.8) is 0 Å². The molecule has 0 unspecified atom stereocenters. The zero-order valence-corrected chi connectivity index (χ0v) is 13.9. The Morgan fingerprint density at radius 3 is 2.83 bits per heavy atom. The van der Waals surface area contributed by atoms with Gasteiger partial charge in [-0.15, -0.1) is 0 Å². The molecule has 0 spiro atoms. The van der Waals surface area contributed by atoms with E-state index in [0.717, 1.165) is 25.3 Å². The first-order valence-corrected chi connectivity index (χ1v) is 8.68. The standard InChI is InChI=1S/C19H21N5/c1-13-6-7-20-11-18(13)24-9-8-23(12-24)15-4-5-16-17(10-15)21-22-19(16)14-2-3-14/h4-7,10-11,14H,2-3,8-9,12H2,1H3,(H,21,22). The number of fused-ring (bicyclic) bond motifs is 1. The van der Waals surface area contributed by atoms with Gasteiger partial charge in [0.2, 0.25) is 0 Å². The van der Waals surface area contributed by atoms with E-state index in [-0.39, 0.29) is 0 Å². The van der Waals surface area contributed by atoms with Gasteiger partial charge in [-0.25, -0.2) is 0 Å². The molecule has 122 valence electrons. The Bertz CT molecular complexity index is 896. The van der Waals surface area contributed by atoms with Gasteiger partial charge < -0.3 is 9.80 Å². The van der Waals surface area contributed by atoms with Crippen LogP contribution in [-0.4, -0.2) is 34.9 Å². The van der Waals surface area contributed by atoms with Crippen LogP contribution >= 0.6 is 0 Å². The number of aryl methyl sites for hydroxylation is 1. The van der Waals surface area contributed by atoms with Crippen molar-refractivity contribution in [1.29, 1.82) is 0 Å². The molecule has 5 rings (SSSR count). The van der Waals surface area contributed by atoms with Crippen molar-refractivity contribution < 1.29 is 0 Å². The van der Waals surface area contributed by atoms with Crippen molar-refractivity contribution in [3.8, 4) is 0 Å². The molecule has 5 nitrogen and oxygen atoms in total. The number of aromatic nitrogens is 3. The third kappa shape index (κ3) is 2.23. The molecule has 2 aliphatic rings. The minimum Gasteiger partial charge on any atom is -0.352 e. The van der Waals surface area contributed by atoms with Crippen molar-refractivity contribution in [2.24, 2.45) is 0 Å². The number of anilines is 2. The molecule has 1 aromatic carbocycles. The fourth-order valence-corrected chi connectivity index (χ4v) is 3.68. The summed E-state index contributed by atoms with van der Waals surface area (Å²) in [6.07, 6.45) is 6.42. The third-order valence-electron chi connectivity index (χ3n) is 5.25. The maximum absolute atomic E-state index is 4.53. The fraction of sp³-hybridized carbons (Fsp3) is 0.368. The average molecular weight is 319 g/mol. The lowest BCUT2D eigenvalue weighted by molar-refractivity contribution is 0.940. The van der Waals surface area contributed by atoms with Crippen molar-refractivity contribution in [2.45, 2.75) is 25.7 Å². The van der Waals surface area contributed by atoms with Gasteiger partial charge in [-0.05, 0) is 49.6 Å². The zero-order valence-electron chi connectivity index (χ0n) is 13.9. The fourth-order valence-electron chi connectivity index (χ4n) is 3.68. The minimum absolute atomic E-state index is 0.705. The number of nitrogens with zero attached hydrogens (tertiary/aromatic N) is 4. The number of nitrogens with one attached hydrogen (secondary N) is 1. The molecule has 3 heterocycles. The van der Waals surface area contributed by atoms with E-state index in [1.54, 1.807) is 0 Å². The summed E-state index contributed by atoms with van der Waals surface area (Å²) in [6.45, 7) is 5.10. The Labute approximate surface area is 141 Å². The molecule has 1 aliphatic heterocycles. The summed E-state index contributed by atoms with van der Waals surface area (Å²) in [5.41, 5.74) is 6.18. The smallest absolute Gasteiger partial charge is 0.0944 e. The Hall–Kier alpha value is -2.56. The quantitative estimate of drug-likeness (QED) is 0.803. The number of hydrogen-bond donors (Lipinski definition) is 1. The van der Waals surface area contributed by atoms with Crippen LogP contribution in [-0.2, 0) is 0 Å². The molecule has 24 heavy (non-hydrogen) atoms. The summed E-state index contributed by atoms with van der Waals surface area (Å²) in [4.78, 5) is 9.09. The van der Waals surface area contributed by atoms with Gasteiger partial charge in [-0.3, -0.25) is 10.1 Å². The number of H-pyrrole nitrogens is 1. The second-order valence-electron chi connectivity index (χ2n) is 6.94. The highest BCUT2D eigenvalue weighted by molar-refractivity contribution is 5.85. The molecule has 0 atom stereocenters. The minimum atomic E-state index is 0.705. The second kappa shape index (κ2) is 5.23. The summed E-state index contributed by atoms with van der Waals surface area (Å²) in [5.74, 6) is 0.705. The first-order chi connectivity index (χ1) is 11.8. The summed E-state index contributed by atoms with van der Waals surface area (Å²) >= 11 is 0. The molecule has 0 radical (unpaired) electrons. The van der Waals surface area contributed by atoms with E-state index in [9.17, 15) is 0 Å². The number of benzene rings is 1. The normalized spacial score (nSPS) is 17.9. The van der Waals surface area contributed by atoms with E-state index < -0.39 is 0 Å². The molecular weight excluding hydrogens is 298 g/mol. The Balaban J connectivity index is 1.41. The van der Waals surface area contributed by atoms with Gasteiger partial charge in [0.15, 0.2) is 0 Å². The van der Waals surface area contributed by atoms with Crippen LogP contribution in [0.25, 0.3) is 10.9 Å². The first-order valence-electron chi connectivity index (χ1n) is 8.68. The SMILES string of the molecule is Cc1ccncc1N1CCN(c2ccc3c(C4CC4)[nH]nc3c2)C1. The van der Waals surface area contributed by atoms with Gasteiger partial charge in [-0.2, -0.15) is 5.10 Å². The highest BCUT2D eigenvalue weighted by atomic mass is 15.4. The lowest BCUT2D eigenvalue weighted by Gasteiger charge is -2.22. The van der Waals surface area contributed by atoms with E-state index in [1.807, 2.05) is 12.4 Å². The summed E-state index contributed by atoms with van der Waals surface area (Å²) in [7, 11) is 0. The Kier molecular flexibility index (Phi) is 3.01. The van der Waals surface area contributed by atoms with Crippen LogP contribution in [0.2, 0.25) is 0 Å². The van der Waals surface area contributed by atoms with Crippen LogP contribution in [0.15, 0.2) is 36.7 Å². The van der Waals surface area contributed by atoms with E-state index in [0.29, 0.717) is 5.92 Å². The topological polar surface area (TPSA) is 48.1 Å². The molecule has 2 aromatic heterocycles. The molecule has 5 heteroatoms. The van der Waals surface area contributed by atoms with Crippen LogP contribution in [0.5, 0.6) is 0 Å². The number of pyridine rings is 1. The van der Waals surface area contributed by atoms with E-state index >= 15 is 0 Å². The molecular formula is C19H21N5. The van der Waals surface area contributed by atoms with E-state index in [2.05, 4.69) is 56.2 Å². The number of hydrogen-bond acceptors (Lipinski definition) is 4. The van der Waals surface area contributed by atoms with Crippen molar-refractivity contribution in [3.05, 3.63) is 47.9 Å². The number of rotatable bonds is 3. The lowest BCUT2D eigenvalue weighted by Crippen LogP contribution is -2.25. The van der Waals surface area contributed by atoms with Crippen molar-refractivity contribution in [1.82, 2.24) is 15.2 Å². The Morgan fingerprint density at radius 2 is 2.00 bits per heavy atom. The number of aromatic amines is 1. The summed E-state index contributed by atoms with van der Waals surface area (Å²) in [6, 6.07) is 8.77. The van der Waals surface area contributed by atoms with Gasteiger partial charge in [0.1, 0.15) is 0 Å². The predicted octanol–water partition coefficient (Wildman–Crippen LogP) is 3.43. The molecule has 1 saturated heterocycles. The molecule has 0 bridgehead atoms. The maximum Gasteiger partial charge on any atom is 0.0944 e. The van der Waals surface area contributed by atoms with Gasteiger partial charge in [0, 0.05) is 42.0 Å². The predicted molar refractivity (Wildman–Crippen MR) is 96.6 cm³/mol. The van der Waals surface area contributed by atoms with Crippen LogP contribution in [0, 0.1) is 6.92 Å². The zero-order chi connectivity index (χ0) is 16.1. The summed E-state index contributed by atoms with van der Waals surface area (Å²) in [5, 5.41) is 9.07. The van der Waals surface area contributed by atoms with Crippen LogP contribution in [0.3, 0.4) is 0 Å². The van der Waals surface area contributed by atoms with E-state index in [1.165, 1.54) is 40.9 Å². The van der Waals surface area contributed by atoms with Gasteiger partial charge in [0.25, 0.3) is 0 Å². The van der Waals surface area contributed by atoms with Gasteiger partial charge in [0.05, 0.1) is 24.1 Å². The molecule has 1 saturated carbocycles. The van der Waals surface area contributed by atoms with E-state index in [4.69, 9.17) is 0 Å². The highest BCUT2D eigenvalue weighted by Gasteiger charge is 2.28. The van der Waals surface area contributed by atoms with Crippen LogP contribution in [0.4, 0.5) is 11.4 Å². The Morgan fingerprint density at radius 1 is 1.12 bits per heavy atom. The molecule has 3 aromatic rings. The molecule has 2 fully saturated rings. The first kappa shape index (κ1) is 13.8. The van der Waals surface area contributed by atoms with Gasteiger partial charge in [-0.1, -0.05) is 0 Å². The maximum atomic E-state index is 4.53. The third-order valence-corrected chi connectivity index (χ3v) is 5.25.